The van der Waals surface area contributed by atoms with Gasteiger partial charge in [0.2, 0.25) is 0 Å². The van der Waals surface area contributed by atoms with Gasteiger partial charge >= 0.3 is 5.97 Å². The zero-order valence-corrected chi connectivity index (χ0v) is 10.7. The minimum atomic E-state index is -1.25. The van der Waals surface area contributed by atoms with Crippen molar-refractivity contribution in [1.29, 1.82) is 0 Å². The Morgan fingerprint density at radius 2 is 2.16 bits per heavy atom. The minimum absolute atomic E-state index is 0.190. The summed E-state index contributed by atoms with van der Waals surface area (Å²) in [5.74, 6) is -1.89. The predicted octanol–water partition coefficient (Wildman–Crippen LogP) is 2.32. The van der Waals surface area contributed by atoms with Crippen LogP contribution in [0.4, 0.5) is 5.69 Å². The molecule has 0 atom stereocenters. The van der Waals surface area contributed by atoms with Crippen LogP contribution in [-0.4, -0.2) is 27.0 Å². The molecule has 1 aromatic heterocycles. The lowest BCUT2D eigenvalue weighted by Crippen LogP contribution is -2.16. The Labute approximate surface area is 113 Å². The molecular weight excluding hydrogens is 270 g/mol. The number of hydrogen-bond acceptors (Lipinski definition) is 3. The zero-order chi connectivity index (χ0) is 14.0. The summed E-state index contributed by atoms with van der Waals surface area (Å²) < 4.78 is 0. The number of aromatic amines is 1. The highest BCUT2D eigenvalue weighted by Gasteiger charge is 2.20. The Bertz CT molecular complexity index is 651. The number of carboxylic acids is 1. The normalized spacial score (nSPS) is 10.2. The van der Waals surface area contributed by atoms with Crippen molar-refractivity contribution in [1.82, 2.24) is 9.97 Å². The van der Waals surface area contributed by atoms with Gasteiger partial charge in [-0.3, -0.25) is 4.79 Å². The third kappa shape index (κ3) is 2.74. The third-order valence-corrected chi connectivity index (χ3v) is 2.77. The number of aromatic carboxylic acids is 1. The monoisotopic (exact) mass is 279 g/mol. The molecule has 1 amide bonds. The average molecular weight is 280 g/mol. The largest absolute Gasteiger partial charge is 0.477 e. The lowest BCUT2D eigenvalue weighted by Gasteiger charge is -2.07. The van der Waals surface area contributed by atoms with Crippen LogP contribution >= 0.6 is 11.6 Å². The van der Waals surface area contributed by atoms with E-state index in [0.717, 1.165) is 11.9 Å². The first-order chi connectivity index (χ1) is 8.99. The molecule has 1 heterocycles. The summed E-state index contributed by atoms with van der Waals surface area (Å²) in [7, 11) is 0. The molecule has 0 bridgehead atoms. The van der Waals surface area contributed by atoms with E-state index in [1.165, 1.54) is 0 Å². The van der Waals surface area contributed by atoms with Crippen LogP contribution in [0.1, 0.15) is 26.5 Å². The number of halogens is 1. The Morgan fingerprint density at radius 3 is 2.84 bits per heavy atom. The van der Waals surface area contributed by atoms with Crippen molar-refractivity contribution in [3.63, 3.8) is 0 Å². The summed E-state index contributed by atoms with van der Waals surface area (Å²) in [6, 6.07) is 5.14. The SMILES string of the molecule is Cc1ccc(Cl)c(NC(=O)c2nc[nH]c2C(=O)O)c1. The second kappa shape index (κ2) is 5.11. The van der Waals surface area contributed by atoms with Crippen LogP contribution in [0.5, 0.6) is 0 Å². The number of carboxylic acid groups (broad SMARTS) is 1. The summed E-state index contributed by atoms with van der Waals surface area (Å²) in [5.41, 5.74) is 0.873. The van der Waals surface area contributed by atoms with Crippen molar-refractivity contribution in [2.75, 3.05) is 5.32 Å². The molecule has 19 heavy (non-hydrogen) atoms. The van der Waals surface area contributed by atoms with Gasteiger partial charge in [-0.15, -0.1) is 0 Å². The molecule has 0 saturated heterocycles. The molecule has 0 radical (unpaired) electrons. The van der Waals surface area contributed by atoms with E-state index >= 15 is 0 Å². The fourth-order valence-electron chi connectivity index (χ4n) is 1.55. The number of benzene rings is 1. The number of carbonyl (C=O) groups excluding carboxylic acids is 1. The Kier molecular flexibility index (Phi) is 3.52. The van der Waals surface area contributed by atoms with Crippen molar-refractivity contribution in [2.45, 2.75) is 6.92 Å². The van der Waals surface area contributed by atoms with Gasteiger partial charge < -0.3 is 15.4 Å². The molecule has 3 N–H and O–H groups in total. The van der Waals surface area contributed by atoms with Gasteiger partial charge in [0.05, 0.1) is 17.0 Å². The van der Waals surface area contributed by atoms with Crippen molar-refractivity contribution in [3.05, 3.63) is 46.5 Å². The maximum Gasteiger partial charge on any atom is 0.354 e. The van der Waals surface area contributed by atoms with E-state index < -0.39 is 11.9 Å². The van der Waals surface area contributed by atoms with E-state index in [1.807, 2.05) is 6.92 Å². The Morgan fingerprint density at radius 1 is 1.42 bits per heavy atom. The van der Waals surface area contributed by atoms with Crippen molar-refractivity contribution in [2.24, 2.45) is 0 Å². The molecule has 0 spiro atoms. The van der Waals surface area contributed by atoms with Crippen LogP contribution in [0, 0.1) is 6.92 Å². The van der Waals surface area contributed by atoms with Crippen molar-refractivity contribution < 1.29 is 14.7 Å². The Hall–Kier alpha value is -2.34. The highest BCUT2D eigenvalue weighted by Crippen LogP contribution is 2.23. The van der Waals surface area contributed by atoms with Crippen LogP contribution in [0.25, 0.3) is 0 Å². The second-order valence-corrected chi connectivity index (χ2v) is 4.28. The lowest BCUT2D eigenvalue weighted by molar-refractivity contribution is 0.0686. The molecule has 0 fully saturated rings. The van der Waals surface area contributed by atoms with Crippen molar-refractivity contribution in [3.8, 4) is 0 Å². The standard InChI is InChI=1S/C12H10ClN3O3/c1-6-2-3-7(13)8(4-6)16-11(17)9-10(12(18)19)15-5-14-9/h2-5H,1H3,(H,14,15)(H,16,17)(H,18,19). The molecule has 2 rings (SSSR count). The maximum atomic E-state index is 11.9. The van der Waals surface area contributed by atoms with Crippen molar-refractivity contribution >= 4 is 29.2 Å². The van der Waals surface area contributed by atoms with E-state index in [4.69, 9.17) is 16.7 Å². The highest BCUT2D eigenvalue weighted by atomic mass is 35.5. The first kappa shape index (κ1) is 13.1. The molecule has 2 aromatic rings. The summed E-state index contributed by atoms with van der Waals surface area (Å²) >= 11 is 5.94. The quantitative estimate of drug-likeness (QED) is 0.803. The molecule has 0 aliphatic heterocycles. The van der Waals surface area contributed by atoms with Crippen LogP contribution in [0.2, 0.25) is 5.02 Å². The molecular formula is C12H10ClN3O3. The molecule has 6 nitrogen and oxygen atoms in total. The van der Waals surface area contributed by atoms with Gasteiger partial charge in [0, 0.05) is 0 Å². The number of aryl methyl sites for hydroxylation is 1. The van der Waals surface area contributed by atoms with E-state index in [2.05, 4.69) is 15.3 Å². The van der Waals surface area contributed by atoms with Gasteiger partial charge in [-0.05, 0) is 24.6 Å². The van der Waals surface area contributed by atoms with E-state index in [9.17, 15) is 9.59 Å². The van der Waals surface area contributed by atoms with E-state index in [-0.39, 0.29) is 11.4 Å². The van der Waals surface area contributed by atoms with Gasteiger partial charge in [0.25, 0.3) is 5.91 Å². The zero-order valence-electron chi connectivity index (χ0n) is 9.90. The third-order valence-electron chi connectivity index (χ3n) is 2.44. The minimum Gasteiger partial charge on any atom is -0.477 e. The first-order valence-electron chi connectivity index (χ1n) is 5.33. The predicted molar refractivity (Wildman–Crippen MR) is 69.7 cm³/mol. The molecule has 0 aliphatic rings. The summed E-state index contributed by atoms with van der Waals surface area (Å²) in [5, 5.41) is 11.8. The average Bonchev–Trinajstić information content (AvgIpc) is 2.83. The van der Waals surface area contributed by atoms with Gasteiger partial charge in [0.15, 0.2) is 11.4 Å². The molecule has 0 aliphatic carbocycles. The van der Waals surface area contributed by atoms with E-state index in [0.29, 0.717) is 10.7 Å². The molecule has 0 saturated carbocycles. The van der Waals surface area contributed by atoms with Gasteiger partial charge in [-0.1, -0.05) is 17.7 Å². The molecule has 98 valence electrons. The van der Waals surface area contributed by atoms with Gasteiger partial charge in [-0.2, -0.15) is 0 Å². The Balaban J connectivity index is 2.28. The number of hydrogen-bond donors (Lipinski definition) is 3. The number of nitrogens with zero attached hydrogens (tertiary/aromatic N) is 1. The second-order valence-electron chi connectivity index (χ2n) is 3.87. The van der Waals surface area contributed by atoms with Crippen LogP contribution in [0.15, 0.2) is 24.5 Å². The summed E-state index contributed by atoms with van der Waals surface area (Å²) in [4.78, 5) is 28.9. The van der Waals surface area contributed by atoms with Crippen LogP contribution < -0.4 is 5.32 Å². The van der Waals surface area contributed by atoms with Crippen LogP contribution in [-0.2, 0) is 0 Å². The number of amides is 1. The topological polar surface area (TPSA) is 95.1 Å². The summed E-state index contributed by atoms with van der Waals surface area (Å²) in [6.07, 6.45) is 1.15. The van der Waals surface area contributed by atoms with Crippen LogP contribution in [0.3, 0.4) is 0 Å². The number of imidazole rings is 1. The number of anilines is 1. The van der Waals surface area contributed by atoms with Gasteiger partial charge in [0.1, 0.15) is 0 Å². The lowest BCUT2D eigenvalue weighted by atomic mass is 10.2. The number of carbonyl (C=O) groups is 2. The smallest absolute Gasteiger partial charge is 0.354 e. The number of aromatic nitrogens is 2. The number of rotatable bonds is 3. The van der Waals surface area contributed by atoms with Gasteiger partial charge in [-0.25, -0.2) is 9.78 Å². The number of nitrogens with one attached hydrogen (secondary N) is 2. The molecule has 7 heteroatoms. The molecule has 0 unspecified atom stereocenters. The maximum absolute atomic E-state index is 11.9. The first-order valence-corrected chi connectivity index (χ1v) is 5.71. The highest BCUT2D eigenvalue weighted by molar-refractivity contribution is 6.34. The van der Waals surface area contributed by atoms with E-state index in [1.54, 1.807) is 18.2 Å². The fraction of sp³-hybridized carbons (Fsp3) is 0.0833. The summed E-state index contributed by atoms with van der Waals surface area (Å²) in [6.45, 7) is 1.85. The fourth-order valence-corrected chi connectivity index (χ4v) is 1.71. The number of H-pyrrole nitrogens is 1. The molecule has 1 aromatic carbocycles.